The summed E-state index contributed by atoms with van der Waals surface area (Å²) < 4.78 is 31.8. The SMILES string of the molecule is O=C(CCc1ccc(Oc2ccc(F)cc2F)nc1)N1CCCCC1. The van der Waals surface area contributed by atoms with Crippen molar-refractivity contribution in [1.82, 2.24) is 9.88 Å². The van der Waals surface area contributed by atoms with E-state index in [0.29, 0.717) is 12.8 Å². The quantitative estimate of drug-likeness (QED) is 0.819. The van der Waals surface area contributed by atoms with Gasteiger partial charge in [-0.15, -0.1) is 0 Å². The van der Waals surface area contributed by atoms with Crippen molar-refractivity contribution < 1.29 is 18.3 Å². The molecule has 2 aromatic rings. The highest BCUT2D eigenvalue weighted by molar-refractivity contribution is 5.76. The molecular formula is C19H20F2N2O2. The summed E-state index contributed by atoms with van der Waals surface area (Å²) in [5, 5.41) is 0. The maximum atomic E-state index is 13.6. The van der Waals surface area contributed by atoms with Crippen molar-refractivity contribution in [1.29, 1.82) is 0 Å². The Labute approximate surface area is 145 Å². The number of aryl methyl sites for hydroxylation is 1. The highest BCUT2D eigenvalue weighted by Crippen LogP contribution is 2.23. The van der Waals surface area contributed by atoms with Crippen LogP contribution in [0.1, 0.15) is 31.2 Å². The molecule has 0 radical (unpaired) electrons. The molecule has 0 saturated carbocycles. The predicted octanol–water partition coefficient (Wildman–Crippen LogP) is 4.10. The molecule has 132 valence electrons. The van der Waals surface area contributed by atoms with Crippen LogP contribution >= 0.6 is 0 Å². The molecular weight excluding hydrogens is 326 g/mol. The number of hydrogen-bond donors (Lipinski definition) is 0. The van der Waals surface area contributed by atoms with E-state index in [4.69, 9.17) is 4.74 Å². The largest absolute Gasteiger partial charge is 0.436 e. The number of carbonyl (C=O) groups is 1. The lowest BCUT2D eigenvalue weighted by atomic mass is 10.1. The maximum absolute atomic E-state index is 13.6. The van der Waals surface area contributed by atoms with Gasteiger partial charge in [0.25, 0.3) is 0 Å². The first-order valence-electron chi connectivity index (χ1n) is 8.47. The predicted molar refractivity (Wildman–Crippen MR) is 89.4 cm³/mol. The number of pyridine rings is 1. The van der Waals surface area contributed by atoms with E-state index >= 15 is 0 Å². The molecule has 1 aliphatic heterocycles. The van der Waals surface area contributed by atoms with Crippen molar-refractivity contribution in [3.63, 3.8) is 0 Å². The van der Waals surface area contributed by atoms with Crippen molar-refractivity contribution in [3.8, 4) is 11.6 Å². The molecule has 4 nitrogen and oxygen atoms in total. The van der Waals surface area contributed by atoms with Gasteiger partial charge in [0, 0.05) is 37.8 Å². The number of halogens is 2. The summed E-state index contributed by atoms with van der Waals surface area (Å²) in [5.74, 6) is -1.13. The van der Waals surface area contributed by atoms with Crippen LogP contribution in [0, 0.1) is 11.6 Å². The fraction of sp³-hybridized carbons (Fsp3) is 0.368. The van der Waals surface area contributed by atoms with Gasteiger partial charge in [-0.3, -0.25) is 4.79 Å². The van der Waals surface area contributed by atoms with Crippen LogP contribution in [0.2, 0.25) is 0 Å². The van der Waals surface area contributed by atoms with E-state index in [9.17, 15) is 13.6 Å². The fourth-order valence-corrected chi connectivity index (χ4v) is 2.84. The van der Waals surface area contributed by atoms with Crippen molar-refractivity contribution in [2.75, 3.05) is 13.1 Å². The molecule has 0 bridgehead atoms. The number of nitrogens with zero attached hydrogens (tertiary/aromatic N) is 2. The van der Waals surface area contributed by atoms with Gasteiger partial charge in [-0.1, -0.05) is 6.07 Å². The average Bonchev–Trinajstić information content (AvgIpc) is 2.64. The number of ether oxygens (including phenoxy) is 1. The maximum Gasteiger partial charge on any atom is 0.222 e. The van der Waals surface area contributed by atoms with Crippen molar-refractivity contribution >= 4 is 5.91 Å². The monoisotopic (exact) mass is 346 g/mol. The van der Waals surface area contributed by atoms with E-state index in [1.54, 1.807) is 18.3 Å². The highest BCUT2D eigenvalue weighted by atomic mass is 19.1. The summed E-state index contributed by atoms with van der Waals surface area (Å²) in [6, 6.07) is 6.52. The number of piperidine rings is 1. The Balaban J connectivity index is 1.54. The molecule has 2 heterocycles. The molecule has 0 atom stereocenters. The van der Waals surface area contributed by atoms with Crippen LogP contribution in [0.15, 0.2) is 36.5 Å². The summed E-state index contributed by atoms with van der Waals surface area (Å²) in [5.41, 5.74) is 0.914. The topological polar surface area (TPSA) is 42.4 Å². The number of aromatic nitrogens is 1. The van der Waals surface area contributed by atoms with Gasteiger partial charge >= 0.3 is 0 Å². The van der Waals surface area contributed by atoms with Crippen molar-refractivity contribution in [2.24, 2.45) is 0 Å². The van der Waals surface area contributed by atoms with E-state index in [1.165, 1.54) is 12.5 Å². The normalized spacial score (nSPS) is 14.4. The van der Waals surface area contributed by atoms with Gasteiger partial charge in [-0.25, -0.2) is 13.8 Å². The molecule has 0 spiro atoms. The molecule has 0 aliphatic carbocycles. The third-order valence-electron chi connectivity index (χ3n) is 4.24. The number of rotatable bonds is 5. The van der Waals surface area contributed by atoms with Crippen LogP contribution in [0.5, 0.6) is 11.6 Å². The zero-order valence-corrected chi connectivity index (χ0v) is 13.9. The van der Waals surface area contributed by atoms with Gasteiger partial charge in [0.05, 0.1) is 0 Å². The molecule has 1 aromatic heterocycles. The second-order valence-corrected chi connectivity index (χ2v) is 6.12. The highest BCUT2D eigenvalue weighted by Gasteiger charge is 2.16. The van der Waals surface area contributed by atoms with Crippen LogP contribution < -0.4 is 4.74 Å². The molecule has 6 heteroatoms. The smallest absolute Gasteiger partial charge is 0.222 e. The number of amides is 1. The van der Waals surface area contributed by atoms with Gasteiger partial charge in [0.15, 0.2) is 11.6 Å². The third kappa shape index (κ3) is 4.75. The summed E-state index contributed by atoms with van der Waals surface area (Å²) >= 11 is 0. The van der Waals surface area contributed by atoms with E-state index < -0.39 is 11.6 Å². The van der Waals surface area contributed by atoms with Crippen LogP contribution in [-0.4, -0.2) is 28.9 Å². The zero-order valence-electron chi connectivity index (χ0n) is 13.9. The first-order valence-corrected chi connectivity index (χ1v) is 8.47. The molecule has 0 unspecified atom stereocenters. The average molecular weight is 346 g/mol. The minimum absolute atomic E-state index is 0.0815. The van der Waals surface area contributed by atoms with Crippen LogP contribution in [0.3, 0.4) is 0 Å². The van der Waals surface area contributed by atoms with Gasteiger partial charge in [-0.05, 0) is 43.4 Å². The second kappa shape index (κ2) is 8.05. The van der Waals surface area contributed by atoms with E-state index in [1.807, 2.05) is 4.90 Å². The molecule has 1 saturated heterocycles. The zero-order chi connectivity index (χ0) is 17.6. The number of carbonyl (C=O) groups excluding carboxylic acids is 1. The van der Waals surface area contributed by atoms with Crippen LogP contribution in [-0.2, 0) is 11.2 Å². The van der Waals surface area contributed by atoms with Gasteiger partial charge in [-0.2, -0.15) is 0 Å². The van der Waals surface area contributed by atoms with E-state index in [-0.39, 0.29) is 17.5 Å². The minimum atomic E-state index is -0.780. The third-order valence-corrected chi connectivity index (χ3v) is 4.24. The molecule has 3 rings (SSSR count). The van der Waals surface area contributed by atoms with Crippen LogP contribution in [0.25, 0.3) is 0 Å². The Bertz CT molecular complexity index is 729. The Kier molecular flexibility index (Phi) is 5.58. The molecule has 1 fully saturated rings. The lowest BCUT2D eigenvalue weighted by Gasteiger charge is -2.26. The van der Waals surface area contributed by atoms with Crippen molar-refractivity contribution in [2.45, 2.75) is 32.1 Å². The van der Waals surface area contributed by atoms with E-state index in [2.05, 4.69) is 4.98 Å². The van der Waals surface area contributed by atoms with Crippen LogP contribution in [0.4, 0.5) is 8.78 Å². The number of likely N-dealkylation sites (tertiary alicyclic amines) is 1. The lowest BCUT2D eigenvalue weighted by molar-refractivity contribution is -0.132. The summed E-state index contributed by atoms with van der Waals surface area (Å²) in [6.45, 7) is 1.71. The Morgan fingerprint density at radius 2 is 1.92 bits per heavy atom. The van der Waals surface area contributed by atoms with Gasteiger partial charge < -0.3 is 9.64 Å². The molecule has 25 heavy (non-hydrogen) atoms. The lowest BCUT2D eigenvalue weighted by Crippen LogP contribution is -2.35. The van der Waals surface area contributed by atoms with E-state index in [0.717, 1.165) is 43.6 Å². The molecule has 1 aromatic carbocycles. The summed E-state index contributed by atoms with van der Waals surface area (Å²) in [6.07, 6.45) is 6.03. The Hall–Kier alpha value is -2.50. The molecule has 1 aliphatic rings. The fourth-order valence-electron chi connectivity index (χ4n) is 2.84. The Morgan fingerprint density at radius 1 is 1.12 bits per heavy atom. The summed E-state index contributed by atoms with van der Waals surface area (Å²) in [4.78, 5) is 18.2. The number of hydrogen-bond acceptors (Lipinski definition) is 3. The summed E-state index contributed by atoms with van der Waals surface area (Å²) in [7, 11) is 0. The minimum Gasteiger partial charge on any atom is -0.436 e. The Morgan fingerprint density at radius 3 is 2.60 bits per heavy atom. The standard InChI is InChI=1S/C19H20F2N2O2/c20-15-6-7-17(16(21)12-15)25-18-8-4-14(13-22-18)5-9-19(24)23-10-2-1-3-11-23/h4,6-8,12-13H,1-3,5,9-11H2. The van der Waals surface area contributed by atoms with Gasteiger partial charge in [0.1, 0.15) is 5.82 Å². The van der Waals surface area contributed by atoms with Gasteiger partial charge in [0.2, 0.25) is 11.8 Å². The molecule has 1 amide bonds. The number of benzene rings is 1. The second-order valence-electron chi connectivity index (χ2n) is 6.12. The van der Waals surface area contributed by atoms with Crippen molar-refractivity contribution in [3.05, 3.63) is 53.7 Å². The first kappa shape index (κ1) is 17.3. The first-order chi connectivity index (χ1) is 12.1. The molecule has 0 N–H and O–H groups in total.